The van der Waals surface area contributed by atoms with Crippen LogP contribution >= 0.6 is 0 Å². The van der Waals surface area contributed by atoms with Gasteiger partial charge >= 0.3 is 0 Å². The number of nitrogens with one attached hydrogen (secondary N) is 2. The summed E-state index contributed by atoms with van der Waals surface area (Å²) in [6.07, 6.45) is 2.86. The van der Waals surface area contributed by atoms with Crippen molar-refractivity contribution < 1.29 is 13.2 Å². The Labute approximate surface area is 110 Å². The quantitative estimate of drug-likeness (QED) is 0.759. The third-order valence-electron chi connectivity index (χ3n) is 3.98. The van der Waals surface area contributed by atoms with E-state index in [1.807, 2.05) is 0 Å². The van der Waals surface area contributed by atoms with E-state index < -0.39 is 10.0 Å². The van der Waals surface area contributed by atoms with Crippen LogP contribution in [0.3, 0.4) is 0 Å². The number of hydrogen-bond donors (Lipinski definition) is 2. The van der Waals surface area contributed by atoms with E-state index in [2.05, 4.69) is 17.0 Å². The van der Waals surface area contributed by atoms with E-state index in [1.165, 1.54) is 0 Å². The van der Waals surface area contributed by atoms with Gasteiger partial charge in [-0.15, -0.1) is 0 Å². The summed E-state index contributed by atoms with van der Waals surface area (Å²) in [6, 6.07) is 0. The van der Waals surface area contributed by atoms with Crippen molar-refractivity contribution in [1.29, 1.82) is 0 Å². The van der Waals surface area contributed by atoms with Gasteiger partial charge in [-0.25, -0.2) is 13.1 Å². The molecule has 2 rings (SSSR count). The van der Waals surface area contributed by atoms with Gasteiger partial charge in [-0.2, -0.15) is 0 Å². The Morgan fingerprint density at radius 1 is 1.39 bits per heavy atom. The highest BCUT2D eigenvalue weighted by atomic mass is 32.2. The van der Waals surface area contributed by atoms with E-state index in [0.717, 1.165) is 32.4 Å². The summed E-state index contributed by atoms with van der Waals surface area (Å²) in [6.45, 7) is 5.39. The maximum absolute atomic E-state index is 11.9. The Bertz CT molecular complexity index is 352. The van der Waals surface area contributed by atoms with E-state index in [4.69, 9.17) is 4.74 Å². The molecule has 3 unspecified atom stereocenters. The number of hydrogen-bond acceptors (Lipinski definition) is 4. The zero-order valence-electron chi connectivity index (χ0n) is 11.0. The predicted octanol–water partition coefficient (Wildman–Crippen LogP) is 0.330. The molecule has 0 aromatic carbocycles. The summed E-state index contributed by atoms with van der Waals surface area (Å²) >= 11 is 0. The van der Waals surface area contributed by atoms with Gasteiger partial charge < -0.3 is 10.1 Å². The van der Waals surface area contributed by atoms with E-state index in [-0.39, 0.29) is 11.9 Å². The molecule has 0 aromatic heterocycles. The highest BCUT2D eigenvalue weighted by Crippen LogP contribution is 2.18. The number of rotatable bonds is 5. The molecule has 0 saturated carbocycles. The normalized spacial score (nSPS) is 33.7. The lowest BCUT2D eigenvalue weighted by Gasteiger charge is -2.29. The molecule has 2 fully saturated rings. The highest BCUT2D eigenvalue weighted by molar-refractivity contribution is 7.89. The lowest BCUT2D eigenvalue weighted by molar-refractivity contribution is 0.127. The summed E-state index contributed by atoms with van der Waals surface area (Å²) in [7, 11) is -3.19. The van der Waals surface area contributed by atoms with Gasteiger partial charge in [0.2, 0.25) is 10.0 Å². The molecule has 2 N–H and O–H groups in total. The minimum Gasteiger partial charge on any atom is -0.377 e. The first-order chi connectivity index (χ1) is 8.57. The molecule has 2 heterocycles. The van der Waals surface area contributed by atoms with Crippen molar-refractivity contribution in [3.05, 3.63) is 0 Å². The second kappa shape index (κ2) is 6.32. The van der Waals surface area contributed by atoms with Gasteiger partial charge in [0.05, 0.1) is 11.9 Å². The fourth-order valence-electron chi connectivity index (χ4n) is 2.64. The fraction of sp³-hybridized carbons (Fsp3) is 1.00. The van der Waals surface area contributed by atoms with Crippen LogP contribution in [0.4, 0.5) is 0 Å². The standard InChI is InChI=1S/C12H24N2O3S/c1-10-4-5-13-7-11(10)8-14-18(15,16)9-12-3-2-6-17-12/h10-14H,2-9H2,1H3. The summed E-state index contributed by atoms with van der Waals surface area (Å²) in [5.41, 5.74) is 0. The molecule has 2 aliphatic heterocycles. The minimum absolute atomic E-state index is 0.107. The molecule has 0 radical (unpaired) electrons. The van der Waals surface area contributed by atoms with Crippen LogP contribution in [0, 0.1) is 11.8 Å². The van der Waals surface area contributed by atoms with Gasteiger partial charge in [0, 0.05) is 13.2 Å². The van der Waals surface area contributed by atoms with Crippen LogP contribution in [0.15, 0.2) is 0 Å². The number of piperidine rings is 1. The predicted molar refractivity (Wildman–Crippen MR) is 70.9 cm³/mol. The van der Waals surface area contributed by atoms with Gasteiger partial charge in [-0.1, -0.05) is 6.92 Å². The summed E-state index contributed by atoms with van der Waals surface area (Å²) in [4.78, 5) is 0. The average molecular weight is 276 g/mol. The number of sulfonamides is 1. The van der Waals surface area contributed by atoms with Gasteiger partial charge in [-0.3, -0.25) is 0 Å². The zero-order chi connectivity index (χ0) is 13.0. The van der Waals surface area contributed by atoms with Crippen LogP contribution in [0.5, 0.6) is 0 Å². The SMILES string of the molecule is CC1CCNCC1CNS(=O)(=O)CC1CCCO1. The van der Waals surface area contributed by atoms with Crippen molar-refractivity contribution in [2.24, 2.45) is 11.8 Å². The molecule has 3 atom stereocenters. The Balaban J connectivity index is 1.76. The van der Waals surface area contributed by atoms with Crippen LogP contribution in [-0.2, 0) is 14.8 Å². The monoisotopic (exact) mass is 276 g/mol. The first kappa shape index (κ1) is 14.2. The van der Waals surface area contributed by atoms with Crippen molar-refractivity contribution in [2.75, 3.05) is 32.0 Å². The maximum atomic E-state index is 11.9. The first-order valence-electron chi connectivity index (χ1n) is 6.86. The van der Waals surface area contributed by atoms with E-state index in [1.54, 1.807) is 0 Å². The lowest BCUT2D eigenvalue weighted by atomic mass is 9.88. The molecule has 0 spiro atoms. The molecule has 106 valence electrons. The van der Waals surface area contributed by atoms with Gasteiger partial charge in [0.1, 0.15) is 0 Å². The molecule has 2 aliphatic rings. The van der Waals surface area contributed by atoms with Crippen LogP contribution < -0.4 is 10.0 Å². The van der Waals surface area contributed by atoms with E-state index in [0.29, 0.717) is 25.0 Å². The van der Waals surface area contributed by atoms with Gasteiger partial charge in [-0.05, 0) is 44.2 Å². The molecule has 6 heteroatoms. The molecule has 5 nitrogen and oxygen atoms in total. The van der Waals surface area contributed by atoms with E-state index >= 15 is 0 Å². The van der Waals surface area contributed by atoms with Crippen molar-refractivity contribution in [3.63, 3.8) is 0 Å². The fourth-order valence-corrected chi connectivity index (χ4v) is 3.98. The minimum atomic E-state index is -3.19. The van der Waals surface area contributed by atoms with E-state index in [9.17, 15) is 8.42 Å². The van der Waals surface area contributed by atoms with Crippen molar-refractivity contribution in [3.8, 4) is 0 Å². The molecule has 2 saturated heterocycles. The Hall–Kier alpha value is -0.170. The van der Waals surface area contributed by atoms with Crippen molar-refractivity contribution in [1.82, 2.24) is 10.0 Å². The molecule has 0 aliphatic carbocycles. The van der Waals surface area contributed by atoms with Crippen LogP contribution in [0.2, 0.25) is 0 Å². The number of ether oxygens (including phenoxy) is 1. The topological polar surface area (TPSA) is 67.4 Å². The van der Waals surface area contributed by atoms with Crippen LogP contribution in [-0.4, -0.2) is 46.5 Å². The van der Waals surface area contributed by atoms with Crippen molar-refractivity contribution >= 4 is 10.0 Å². The Morgan fingerprint density at radius 2 is 2.22 bits per heavy atom. The van der Waals surface area contributed by atoms with Gasteiger partial charge in [0.25, 0.3) is 0 Å². The first-order valence-corrected chi connectivity index (χ1v) is 8.52. The Morgan fingerprint density at radius 3 is 2.89 bits per heavy atom. The third kappa shape index (κ3) is 4.19. The summed E-state index contributed by atoms with van der Waals surface area (Å²) in [5.74, 6) is 1.09. The van der Waals surface area contributed by atoms with Crippen molar-refractivity contribution in [2.45, 2.75) is 32.3 Å². The third-order valence-corrected chi connectivity index (χ3v) is 5.40. The zero-order valence-corrected chi connectivity index (χ0v) is 11.8. The maximum Gasteiger partial charge on any atom is 0.214 e. The highest BCUT2D eigenvalue weighted by Gasteiger charge is 2.26. The molecule has 0 bridgehead atoms. The molecule has 0 amide bonds. The Kier molecular flexibility index (Phi) is 5.00. The largest absolute Gasteiger partial charge is 0.377 e. The molecular weight excluding hydrogens is 252 g/mol. The second-order valence-electron chi connectivity index (χ2n) is 5.50. The lowest BCUT2D eigenvalue weighted by Crippen LogP contribution is -2.43. The second-order valence-corrected chi connectivity index (χ2v) is 7.35. The average Bonchev–Trinajstić information content (AvgIpc) is 2.80. The smallest absolute Gasteiger partial charge is 0.214 e. The summed E-state index contributed by atoms with van der Waals surface area (Å²) in [5, 5.41) is 3.32. The van der Waals surface area contributed by atoms with Crippen LogP contribution in [0.1, 0.15) is 26.2 Å². The summed E-state index contributed by atoms with van der Waals surface area (Å²) < 4.78 is 32.0. The molecular formula is C12H24N2O3S. The van der Waals surface area contributed by atoms with Gasteiger partial charge in [0.15, 0.2) is 0 Å². The van der Waals surface area contributed by atoms with Crippen LogP contribution in [0.25, 0.3) is 0 Å². The molecule has 18 heavy (non-hydrogen) atoms. The molecule has 0 aromatic rings.